The molecule has 42 heavy (non-hydrogen) atoms. The van der Waals surface area contributed by atoms with E-state index in [1.807, 2.05) is 30.3 Å². The van der Waals surface area contributed by atoms with Gasteiger partial charge in [0, 0.05) is 29.1 Å². The molecule has 1 N–H and O–H groups in total. The second-order valence-electron chi connectivity index (χ2n) is 10.9. The molecule has 7 nitrogen and oxygen atoms in total. The van der Waals surface area contributed by atoms with E-state index >= 15 is 0 Å². The van der Waals surface area contributed by atoms with Crippen LogP contribution in [0.4, 0.5) is 5.69 Å². The van der Waals surface area contributed by atoms with Gasteiger partial charge in [-0.3, -0.25) is 13.9 Å². The highest BCUT2D eigenvalue weighted by atomic mass is 35.5. The smallest absolute Gasteiger partial charge is 0.244 e. The van der Waals surface area contributed by atoms with E-state index in [2.05, 4.69) is 5.32 Å². The number of carbonyl (C=O) groups excluding carboxylic acids is 2. The third-order valence-corrected chi connectivity index (χ3v) is 9.21. The zero-order valence-corrected chi connectivity index (χ0v) is 26.3. The first-order valence-corrected chi connectivity index (χ1v) is 16.7. The minimum atomic E-state index is -3.86. The van der Waals surface area contributed by atoms with E-state index in [1.54, 1.807) is 49.4 Å². The second-order valence-corrected chi connectivity index (χ2v) is 13.7. The number of nitrogens with zero attached hydrogens (tertiary/aromatic N) is 2. The number of anilines is 1. The lowest BCUT2D eigenvalue weighted by Gasteiger charge is -2.35. The summed E-state index contributed by atoms with van der Waals surface area (Å²) in [4.78, 5) is 29.7. The fourth-order valence-corrected chi connectivity index (χ4v) is 6.64. The number of hydrogen-bond donors (Lipinski definition) is 1. The maximum atomic E-state index is 14.2. The summed E-state index contributed by atoms with van der Waals surface area (Å²) in [6.07, 6.45) is 6.37. The highest BCUT2D eigenvalue weighted by Crippen LogP contribution is 2.27. The van der Waals surface area contributed by atoms with Crippen LogP contribution in [0.15, 0.2) is 72.8 Å². The number of benzene rings is 3. The van der Waals surface area contributed by atoms with E-state index in [-0.39, 0.29) is 24.9 Å². The highest BCUT2D eigenvalue weighted by molar-refractivity contribution is 7.92. The number of aryl methyl sites for hydroxylation is 1. The molecule has 0 spiro atoms. The molecule has 0 unspecified atom stereocenters. The molecule has 1 fully saturated rings. The third kappa shape index (κ3) is 8.72. The van der Waals surface area contributed by atoms with Gasteiger partial charge in [0.05, 0.1) is 11.9 Å². The lowest BCUT2D eigenvalue weighted by Crippen LogP contribution is -2.55. The van der Waals surface area contributed by atoms with Gasteiger partial charge in [0.1, 0.15) is 12.6 Å². The van der Waals surface area contributed by atoms with Gasteiger partial charge in [0.15, 0.2) is 0 Å². The Morgan fingerprint density at radius 1 is 0.905 bits per heavy atom. The Bertz CT molecular complexity index is 1480. The van der Waals surface area contributed by atoms with Crippen molar-refractivity contribution < 1.29 is 18.0 Å². The molecule has 1 aliphatic rings. The summed E-state index contributed by atoms with van der Waals surface area (Å²) in [7, 11) is -3.86. The van der Waals surface area contributed by atoms with Crippen LogP contribution in [0.3, 0.4) is 0 Å². The third-order valence-electron chi connectivity index (χ3n) is 7.60. The van der Waals surface area contributed by atoms with Crippen molar-refractivity contribution in [3.8, 4) is 0 Å². The van der Waals surface area contributed by atoms with Crippen LogP contribution in [0.25, 0.3) is 0 Å². The van der Waals surface area contributed by atoms with Crippen LogP contribution >= 0.6 is 23.2 Å². The molecule has 0 aliphatic heterocycles. The van der Waals surface area contributed by atoms with E-state index < -0.39 is 28.5 Å². The largest absolute Gasteiger partial charge is 0.352 e. The molecule has 0 heterocycles. The molecule has 0 radical (unpaired) electrons. The first-order valence-electron chi connectivity index (χ1n) is 14.1. The first-order chi connectivity index (χ1) is 20.0. The topological polar surface area (TPSA) is 86.8 Å². The maximum absolute atomic E-state index is 14.2. The molecule has 3 aromatic carbocycles. The Kier molecular flexibility index (Phi) is 10.9. The van der Waals surface area contributed by atoms with Crippen LogP contribution in [0.5, 0.6) is 0 Å². The summed E-state index contributed by atoms with van der Waals surface area (Å²) in [5, 5.41) is 4.21. The SMILES string of the molecule is Cc1cc(Cl)ccc1N(CC(=O)N(Cc1ccc(Cl)cc1)[C@H](Cc1ccccc1)C(=O)NC1CCCCC1)S(C)(=O)=O. The number of carbonyl (C=O) groups is 2. The molecule has 3 aromatic rings. The van der Waals surface area contributed by atoms with Crippen LogP contribution in [0.1, 0.15) is 48.8 Å². The molecule has 1 atom stereocenters. The number of rotatable bonds is 11. The van der Waals surface area contributed by atoms with Gasteiger partial charge in [-0.15, -0.1) is 0 Å². The van der Waals surface area contributed by atoms with Crippen molar-refractivity contribution in [3.63, 3.8) is 0 Å². The average molecular weight is 631 g/mol. The van der Waals surface area contributed by atoms with Crippen molar-refractivity contribution in [1.29, 1.82) is 0 Å². The van der Waals surface area contributed by atoms with Crippen LogP contribution in [0.2, 0.25) is 10.0 Å². The molecule has 224 valence electrons. The maximum Gasteiger partial charge on any atom is 0.244 e. The van der Waals surface area contributed by atoms with Crippen molar-refractivity contribution in [3.05, 3.63) is 99.5 Å². The van der Waals surface area contributed by atoms with E-state index in [4.69, 9.17) is 23.2 Å². The van der Waals surface area contributed by atoms with Gasteiger partial charge in [-0.1, -0.05) is 84.9 Å². The van der Waals surface area contributed by atoms with Gasteiger partial charge >= 0.3 is 0 Å². The number of amides is 2. The molecule has 0 saturated heterocycles. The van der Waals surface area contributed by atoms with E-state index in [1.165, 1.54) is 4.90 Å². The van der Waals surface area contributed by atoms with Crippen LogP contribution in [0, 0.1) is 6.92 Å². The number of sulfonamides is 1. The summed E-state index contributed by atoms with van der Waals surface area (Å²) in [6.45, 7) is 1.37. The van der Waals surface area contributed by atoms with Crippen molar-refractivity contribution in [2.75, 3.05) is 17.1 Å². The predicted octanol–water partition coefficient (Wildman–Crippen LogP) is 6.16. The summed E-state index contributed by atoms with van der Waals surface area (Å²) in [6, 6.07) is 20.6. The zero-order valence-electron chi connectivity index (χ0n) is 23.9. The Morgan fingerprint density at radius 3 is 2.17 bits per heavy atom. The Balaban J connectivity index is 1.73. The van der Waals surface area contributed by atoms with E-state index in [9.17, 15) is 18.0 Å². The van der Waals surface area contributed by atoms with Crippen LogP contribution < -0.4 is 9.62 Å². The van der Waals surface area contributed by atoms with Gasteiger partial charge in [0.25, 0.3) is 0 Å². The lowest BCUT2D eigenvalue weighted by atomic mass is 9.94. The number of halogens is 2. The number of hydrogen-bond acceptors (Lipinski definition) is 4. The fourth-order valence-electron chi connectivity index (χ4n) is 5.38. The zero-order chi connectivity index (χ0) is 30.3. The Morgan fingerprint density at radius 2 is 1.55 bits per heavy atom. The Labute approximate surface area is 258 Å². The van der Waals surface area contributed by atoms with Gasteiger partial charge in [0.2, 0.25) is 21.8 Å². The first kappa shape index (κ1) is 31.9. The molecule has 2 amide bonds. The molecule has 0 bridgehead atoms. The summed E-state index contributed by atoms with van der Waals surface area (Å²) in [5.74, 6) is -0.744. The fraction of sp³-hybridized carbons (Fsp3) is 0.375. The van der Waals surface area contributed by atoms with Gasteiger partial charge in [-0.25, -0.2) is 8.42 Å². The van der Waals surface area contributed by atoms with E-state index in [0.29, 0.717) is 21.3 Å². The minimum Gasteiger partial charge on any atom is -0.352 e. The van der Waals surface area contributed by atoms with Crippen LogP contribution in [-0.2, 0) is 32.6 Å². The van der Waals surface area contributed by atoms with Crippen molar-refractivity contribution in [2.24, 2.45) is 0 Å². The quantitative estimate of drug-likeness (QED) is 0.275. The summed E-state index contributed by atoms with van der Waals surface area (Å²) in [5.41, 5.74) is 2.63. The highest BCUT2D eigenvalue weighted by Gasteiger charge is 2.34. The van der Waals surface area contributed by atoms with Gasteiger partial charge < -0.3 is 10.2 Å². The molecule has 4 rings (SSSR count). The predicted molar refractivity (Wildman–Crippen MR) is 169 cm³/mol. The van der Waals surface area contributed by atoms with E-state index in [0.717, 1.165) is 53.8 Å². The lowest BCUT2D eigenvalue weighted by molar-refractivity contribution is -0.140. The van der Waals surface area contributed by atoms with Gasteiger partial charge in [-0.2, -0.15) is 0 Å². The van der Waals surface area contributed by atoms with Gasteiger partial charge in [-0.05, 0) is 66.8 Å². The van der Waals surface area contributed by atoms with Crippen molar-refractivity contribution in [2.45, 2.75) is 64.1 Å². The Hall–Kier alpha value is -3.07. The molecule has 0 aromatic heterocycles. The number of nitrogens with one attached hydrogen (secondary N) is 1. The molecular weight excluding hydrogens is 593 g/mol. The van der Waals surface area contributed by atoms with Crippen molar-refractivity contribution in [1.82, 2.24) is 10.2 Å². The molecule has 1 aliphatic carbocycles. The normalized spacial score (nSPS) is 14.7. The summed E-state index contributed by atoms with van der Waals surface area (Å²) >= 11 is 12.3. The summed E-state index contributed by atoms with van der Waals surface area (Å²) < 4.78 is 27.1. The van der Waals surface area contributed by atoms with Crippen LogP contribution in [-0.4, -0.2) is 50.0 Å². The average Bonchev–Trinajstić information content (AvgIpc) is 2.95. The van der Waals surface area contributed by atoms with Crippen molar-refractivity contribution >= 4 is 50.7 Å². The minimum absolute atomic E-state index is 0.0428. The molecule has 10 heteroatoms. The second kappa shape index (κ2) is 14.4. The monoisotopic (exact) mass is 629 g/mol. The standard InChI is InChI=1S/C32H37Cl2N3O4S/c1-23-19-27(34)17-18-29(23)37(42(2,40)41)22-31(38)36(21-25-13-15-26(33)16-14-25)30(20-24-9-5-3-6-10-24)32(39)35-28-11-7-4-8-12-28/h3,5-6,9-10,13-19,28,30H,4,7-8,11-12,20-22H2,1-2H3,(H,35,39)/t30-/m1/s1. The molecule has 1 saturated carbocycles. The molecular formula is C32H37Cl2N3O4S.